The number of hydrogen-bond donors (Lipinski definition) is 1. The third kappa shape index (κ3) is 4.71. The SMILES string of the molecule is CS(=O)(=O)N1CCCN(C(=O)NCc2ccccc2)CC1. The molecule has 2 rings (SSSR count). The molecule has 1 aliphatic rings. The summed E-state index contributed by atoms with van der Waals surface area (Å²) in [6.45, 7) is 2.31. The zero-order valence-corrected chi connectivity index (χ0v) is 13.0. The highest BCUT2D eigenvalue weighted by atomic mass is 32.2. The average Bonchev–Trinajstić information content (AvgIpc) is 2.71. The number of sulfonamides is 1. The normalized spacial score (nSPS) is 17.3. The van der Waals surface area contributed by atoms with Crippen molar-refractivity contribution < 1.29 is 13.2 Å². The summed E-state index contributed by atoms with van der Waals surface area (Å²) in [4.78, 5) is 13.8. The van der Waals surface area contributed by atoms with Crippen LogP contribution in [-0.4, -0.2) is 56.1 Å². The number of nitrogens with zero attached hydrogens (tertiary/aromatic N) is 2. The van der Waals surface area contributed by atoms with Crippen molar-refractivity contribution >= 4 is 16.1 Å². The average molecular weight is 311 g/mol. The third-order valence-electron chi connectivity index (χ3n) is 3.50. The number of amides is 2. The van der Waals surface area contributed by atoms with E-state index >= 15 is 0 Å². The topological polar surface area (TPSA) is 69.7 Å². The Balaban J connectivity index is 1.86. The first-order valence-corrected chi connectivity index (χ1v) is 8.83. The lowest BCUT2D eigenvalue weighted by molar-refractivity contribution is 0.200. The van der Waals surface area contributed by atoms with Gasteiger partial charge >= 0.3 is 6.03 Å². The fourth-order valence-electron chi connectivity index (χ4n) is 2.31. The van der Waals surface area contributed by atoms with E-state index in [4.69, 9.17) is 0 Å². The van der Waals surface area contributed by atoms with E-state index in [1.807, 2.05) is 30.3 Å². The van der Waals surface area contributed by atoms with Crippen LogP contribution in [0, 0.1) is 0 Å². The Morgan fingerprint density at radius 1 is 1.14 bits per heavy atom. The Hall–Kier alpha value is -1.60. The largest absolute Gasteiger partial charge is 0.334 e. The van der Waals surface area contributed by atoms with Gasteiger partial charge in [-0.1, -0.05) is 30.3 Å². The fraction of sp³-hybridized carbons (Fsp3) is 0.500. The van der Waals surface area contributed by atoms with Crippen LogP contribution in [0.2, 0.25) is 0 Å². The number of urea groups is 1. The fourth-order valence-corrected chi connectivity index (χ4v) is 3.19. The molecule has 2 amide bonds. The quantitative estimate of drug-likeness (QED) is 0.900. The van der Waals surface area contributed by atoms with Crippen molar-refractivity contribution in [2.45, 2.75) is 13.0 Å². The number of nitrogens with one attached hydrogen (secondary N) is 1. The van der Waals surface area contributed by atoms with E-state index in [9.17, 15) is 13.2 Å². The molecule has 0 atom stereocenters. The summed E-state index contributed by atoms with van der Waals surface area (Å²) in [5, 5.41) is 2.87. The number of carbonyl (C=O) groups is 1. The minimum absolute atomic E-state index is 0.144. The van der Waals surface area contributed by atoms with Crippen molar-refractivity contribution in [3.8, 4) is 0 Å². The first kappa shape index (κ1) is 15.8. The van der Waals surface area contributed by atoms with Crippen molar-refractivity contribution in [1.29, 1.82) is 0 Å². The minimum Gasteiger partial charge on any atom is -0.334 e. The molecule has 7 heteroatoms. The number of benzene rings is 1. The summed E-state index contributed by atoms with van der Waals surface area (Å²) in [5.74, 6) is 0. The summed E-state index contributed by atoms with van der Waals surface area (Å²) < 4.78 is 24.5. The van der Waals surface area contributed by atoms with Gasteiger partial charge in [0.1, 0.15) is 0 Å². The summed E-state index contributed by atoms with van der Waals surface area (Å²) in [7, 11) is -3.18. The second-order valence-electron chi connectivity index (χ2n) is 5.15. The summed E-state index contributed by atoms with van der Waals surface area (Å²) in [6, 6.07) is 9.55. The highest BCUT2D eigenvalue weighted by molar-refractivity contribution is 7.88. The molecule has 1 heterocycles. The first-order valence-electron chi connectivity index (χ1n) is 6.98. The van der Waals surface area contributed by atoms with Gasteiger partial charge in [0.2, 0.25) is 10.0 Å². The molecule has 0 aliphatic carbocycles. The maximum atomic E-state index is 12.1. The van der Waals surface area contributed by atoms with Gasteiger partial charge in [-0.05, 0) is 12.0 Å². The van der Waals surface area contributed by atoms with Crippen molar-refractivity contribution in [3.63, 3.8) is 0 Å². The van der Waals surface area contributed by atoms with Crippen molar-refractivity contribution in [2.24, 2.45) is 0 Å². The van der Waals surface area contributed by atoms with Gasteiger partial charge in [0.15, 0.2) is 0 Å². The van der Waals surface area contributed by atoms with Crippen molar-refractivity contribution in [3.05, 3.63) is 35.9 Å². The molecular formula is C14H21N3O3S. The van der Waals surface area contributed by atoms with Crippen LogP contribution in [0.15, 0.2) is 30.3 Å². The molecule has 1 saturated heterocycles. The second kappa shape index (κ2) is 6.91. The van der Waals surface area contributed by atoms with Gasteiger partial charge < -0.3 is 10.2 Å². The predicted octanol–water partition coefficient (Wildman–Crippen LogP) is 0.863. The molecule has 6 nitrogen and oxygen atoms in total. The molecule has 0 aromatic heterocycles. The molecule has 21 heavy (non-hydrogen) atoms. The van der Waals surface area contributed by atoms with Gasteiger partial charge in [-0.25, -0.2) is 17.5 Å². The Bertz CT molecular complexity index is 574. The Kier molecular flexibility index (Phi) is 5.19. The van der Waals surface area contributed by atoms with Crippen molar-refractivity contribution in [1.82, 2.24) is 14.5 Å². The zero-order valence-electron chi connectivity index (χ0n) is 12.2. The molecule has 0 radical (unpaired) electrons. The van der Waals surface area contributed by atoms with Crippen LogP contribution in [0.1, 0.15) is 12.0 Å². The van der Waals surface area contributed by atoms with Crippen LogP contribution < -0.4 is 5.32 Å². The lowest BCUT2D eigenvalue weighted by Gasteiger charge is -2.21. The molecule has 0 saturated carbocycles. The molecule has 0 spiro atoms. The van der Waals surface area contributed by atoms with Gasteiger partial charge in [0.05, 0.1) is 6.26 Å². The highest BCUT2D eigenvalue weighted by Crippen LogP contribution is 2.07. The van der Waals surface area contributed by atoms with E-state index in [1.165, 1.54) is 10.6 Å². The third-order valence-corrected chi connectivity index (χ3v) is 4.80. The predicted molar refractivity (Wildman–Crippen MR) is 81.3 cm³/mol. The molecule has 1 fully saturated rings. The molecule has 1 N–H and O–H groups in total. The minimum atomic E-state index is -3.18. The van der Waals surface area contributed by atoms with Crippen molar-refractivity contribution in [2.75, 3.05) is 32.4 Å². The molecule has 1 aromatic rings. The van der Waals surface area contributed by atoms with Crippen LogP contribution in [-0.2, 0) is 16.6 Å². The lowest BCUT2D eigenvalue weighted by atomic mass is 10.2. The molecule has 116 valence electrons. The van der Waals surface area contributed by atoms with E-state index in [2.05, 4.69) is 5.32 Å². The summed E-state index contributed by atoms with van der Waals surface area (Å²) >= 11 is 0. The molecular weight excluding hydrogens is 290 g/mol. The summed E-state index contributed by atoms with van der Waals surface area (Å²) in [6.07, 6.45) is 1.87. The monoisotopic (exact) mass is 311 g/mol. The van der Waals surface area contributed by atoms with Gasteiger partial charge in [0.25, 0.3) is 0 Å². The second-order valence-corrected chi connectivity index (χ2v) is 7.13. The Labute approximate surface area is 125 Å². The lowest BCUT2D eigenvalue weighted by Crippen LogP contribution is -2.42. The van der Waals surface area contributed by atoms with Crippen LogP contribution in [0.3, 0.4) is 0 Å². The first-order chi connectivity index (χ1) is 9.97. The van der Waals surface area contributed by atoms with E-state index in [0.717, 1.165) is 5.56 Å². The van der Waals surface area contributed by atoms with Gasteiger partial charge in [0, 0.05) is 32.7 Å². The van der Waals surface area contributed by atoms with Crippen LogP contribution >= 0.6 is 0 Å². The standard InChI is InChI=1S/C14H21N3O3S/c1-21(19,20)17-9-5-8-16(10-11-17)14(18)15-12-13-6-3-2-4-7-13/h2-4,6-7H,5,8-12H2,1H3,(H,15,18). The zero-order chi connectivity index (χ0) is 15.3. The van der Waals surface area contributed by atoms with Crippen LogP contribution in [0.5, 0.6) is 0 Å². The number of rotatable bonds is 3. The number of hydrogen-bond acceptors (Lipinski definition) is 3. The number of carbonyl (C=O) groups excluding carboxylic acids is 1. The van der Waals surface area contributed by atoms with E-state index in [-0.39, 0.29) is 6.03 Å². The Morgan fingerprint density at radius 2 is 1.86 bits per heavy atom. The molecule has 1 aromatic carbocycles. The van der Waals surface area contributed by atoms with E-state index in [1.54, 1.807) is 4.90 Å². The smallest absolute Gasteiger partial charge is 0.317 e. The Morgan fingerprint density at radius 3 is 2.52 bits per heavy atom. The maximum absolute atomic E-state index is 12.1. The van der Waals surface area contributed by atoms with Gasteiger partial charge in [-0.3, -0.25) is 0 Å². The highest BCUT2D eigenvalue weighted by Gasteiger charge is 2.23. The molecule has 0 bridgehead atoms. The van der Waals surface area contributed by atoms with Gasteiger partial charge in [-0.2, -0.15) is 0 Å². The van der Waals surface area contributed by atoms with E-state index < -0.39 is 10.0 Å². The van der Waals surface area contributed by atoms with Crippen LogP contribution in [0.4, 0.5) is 4.79 Å². The van der Waals surface area contributed by atoms with Gasteiger partial charge in [-0.15, -0.1) is 0 Å². The van der Waals surface area contributed by atoms with Crippen LogP contribution in [0.25, 0.3) is 0 Å². The summed E-state index contributed by atoms with van der Waals surface area (Å²) in [5.41, 5.74) is 1.04. The molecule has 1 aliphatic heterocycles. The van der Waals surface area contributed by atoms with E-state index in [0.29, 0.717) is 39.1 Å². The molecule has 0 unspecified atom stereocenters. The maximum Gasteiger partial charge on any atom is 0.317 e.